The number of carboxylic acids is 3. The van der Waals surface area contributed by atoms with E-state index < -0.39 is 17.9 Å². The molecule has 0 atom stereocenters. The summed E-state index contributed by atoms with van der Waals surface area (Å²) in [5.41, 5.74) is 0. The van der Waals surface area contributed by atoms with E-state index in [-0.39, 0.29) is 167 Å². The van der Waals surface area contributed by atoms with Gasteiger partial charge in [0.05, 0.1) is 0 Å². The average Bonchev–Trinajstić information content (AvgIpc) is 1.54. The summed E-state index contributed by atoms with van der Waals surface area (Å²) in [7, 11) is 0. The van der Waals surface area contributed by atoms with Crippen molar-refractivity contribution in [1.82, 2.24) is 0 Å². The normalized spacial score (nSPS) is 4.69. The van der Waals surface area contributed by atoms with Crippen LogP contribution in [0.15, 0.2) is 0 Å². The molecule has 6 nitrogen and oxygen atoms in total. The summed E-state index contributed by atoms with van der Waals surface area (Å²) < 4.78 is 0. The molecule has 0 saturated heterocycles. The minimum Gasteiger partial charge on any atom is -0.550 e. The van der Waals surface area contributed by atoms with Crippen LogP contribution in [-0.2, 0) is 14.4 Å². The molecule has 0 N–H and O–H groups in total. The molecule has 0 heterocycles. The third kappa shape index (κ3) is 334. The summed E-state index contributed by atoms with van der Waals surface area (Å²) >= 11 is 0. The van der Waals surface area contributed by atoms with Crippen LogP contribution < -0.4 is 15.3 Å². The Bertz CT molecular complexity index is 123. The first-order valence-electron chi connectivity index (χ1n) is 2.72. The average molecular weight is 738 g/mol. The van der Waals surface area contributed by atoms with Gasteiger partial charge in [-0.1, -0.05) is 0 Å². The number of aliphatic carboxylic acids is 3. The largest absolute Gasteiger partial charge is 3.00 e. The Labute approximate surface area is 229 Å². The van der Waals surface area contributed by atoms with Crippen molar-refractivity contribution < 1.29 is 197 Å². The molecule has 0 aliphatic heterocycles. The van der Waals surface area contributed by atoms with Crippen molar-refractivity contribution in [2.24, 2.45) is 0 Å². The number of hydrogen-bond donors (Lipinski definition) is 0. The zero-order valence-electron chi connectivity index (χ0n) is 8.95. The number of hydrogen-bond acceptors (Lipinski definition) is 6. The molecule has 76 valence electrons. The van der Waals surface area contributed by atoms with E-state index in [0.717, 1.165) is 20.8 Å². The summed E-state index contributed by atoms with van der Waals surface area (Å²) in [6.07, 6.45) is 0. The summed E-state index contributed by atoms with van der Waals surface area (Å²) in [5.74, 6) is -3.25. The van der Waals surface area contributed by atoms with E-state index in [1.165, 1.54) is 0 Å². The van der Waals surface area contributed by atoms with Gasteiger partial charge in [0.15, 0.2) is 0 Å². The maximum Gasteiger partial charge on any atom is 3.00 e. The van der Waals surface area contributed by atoms with Gasteiger partial charge in [0.25, 0.3) is 0 Å². The molecule has 0 aliphatic carbocycles. The molecule has 16 heavy (non-hydrogen) atoms. The fraction of sp³-hybridized carbons (Fsp3) is 0.500. The number of rotatable bonds is 0. The molecule has 0 aromatic rings. The maximum absolute atomic E-state index is 8.89. The minimum absolute atomic E-state index is 0. The van der Waals surface area contributed by atoms with Crippen molar-refractivity contribution in [3.8, 4) is 0 Å². The third-order valence-corrected chi connectivity index (χ3v) is 0. The fourth-order valence-corrected chi connectivity index (χ4v) is 0. The van der Waals surface area contributed by atoms with Gasteiger partial charge in [-0.3, -0.25) is 0 Å². The molecule has 0 amide bonds. The van der Waals surface area contributed by atoms with Crippen LogP contribution in [0.4, 0.5) is 0 Å². The molecule has 10 heteroatoms. The van der Waals surface area contributed by atoms with Crippen LogP contribution in [0.1, 0.15) is 20.8 Å². The van der Waals surface area contributed by atoms with E-state index in [2.05, 4.69) is 0 Å². The Morgan fingerprint density at radius 1 is 0.562 bits per heavy atom. The Morgan fingerprint density at radius 3 is 0.562 bits per heavy atom. The Balaban J connectivity index is -0.0000000135. The number of carboxylic acid groups (broad SMARTS) is 3. The van der Waals surface area contributed by atoms with Gasteiger partial charge in [0.1, 0.15) is 0 Å². The standard InChI is InChI=1S/3C2H4O2.4Ce/c3*1-2(3)4;;;;/h3*1H3,(H,3,4);;;;/q;;;4*+3/p-3. The molecule has 0 unspecified atom stereocenters. The second kappa shape index (κ2) is 36.4. The van der Waals surface area contributed by atoms with Gasteiger partial charge in [0, 0.05) is 17.9 Å². The summed E-state index contributed by atoms with van der Waals surface area (Å²) in [5, 5.41) is 26.7. The van der Waals surface area contributed by atoms with Gasteiger partial charge in [0.2, 0.25) is 0 Å². The molecular weight excluding hydrogens is 729 g/mol. The quantitative estimate of drug-likeness (QED) is 0.253. The van der Waals surface area contributed by atoms with E-state index in [0.29, 0.717) is 0 Å². The van der Waals surface area contributed by atoms with Gasteiger partial charge in [-0.2, -0.15) is 0 Å². The van der Waals surface area contributed by atoms with Crippen LogP contribution in [0.2, 0.25) is 0 Å². The first-order chi connectivity index (χ1) is 5.20. The zero-order valence-corrected chi connectivity index (χ0v) is 21.5. The molecule has 4 radical (unpaired) electrons. The van der Waals surface area contributed by atoms with Gasteiger partial charge in [-0.15, -0.1) is 0 Å². The molecule has 0 rings (SSSR count). The van der Waals surface area contributed by atoms with E-state index in [1.807, 2.05) is 0 Å². The van der Waals surface area contributed by atoms with E-state index >= 15 is 0 Å². The Kier molecular flexibility index (Phi) is 97.2. The summed E-state index contributed by atoms with van der Waals surface area (Å²) in [6, 6.07) is 0. The first kappa shape index (κ1) is 42.7. The number of carbonyl (C=O) groups is 3. The van der Waals surface area contributed by atoms with Crippen LogP contribution in [-0.4, -0.2) is 17.9 Å². The molecule has 0 bridgehead atoms. The fourth-order valence-electron chi connectivity index (χ4n) is 0. The molecular formula is C6H9Ce4O6+9. The maximum atomic E-state index is 8.89. The van der Waals surface area contributed by atoms with Gasteiger partial charge in [-0.05, 0) is 20.8 Å². The predicted molar refractivity (Wildman–Crippen MR) is 32.0 cm³/mol. The molecule has 0 aromatic heterocycles. The Morgan fingerprint density at radius 2 is 0.562 bits per heavy atom. The minimum atomic E-state index is -1.08. The van der Waals surface area contributed by atoms with Gasteiger partial charge in [-0.25, -0.2) is 0 Å². The molecule has 0 aromatic carbocycles. The van der Waals surface area contributed by atoms with Crippen molar-refractivity contribution in [3.05, 3.63) is 0 Å². The van der Waals surface area contributed by atoms with Crippen molar-refractivity contribution in [1.29, 1.82) is 0 Å². The SMILES string of the molecule is CC(=O)[O-].CC(=O)[O-].CC(=O)[O-].[Ce+3].[Ce+3].[Ce+3].[Ce+3]. The van der Waals surface area contributed by atoms with E-state index in [1.54, 1.807) is 0 Å². The zero-order chi connectivity index (χ0) is 10.7. The van der Waals surface area contributed by atoms with Gasteiger partial charge >= 0.3 is 167 Å². The second-order valence-corrected chi connectivity index (χ2v) is 1.47. The second-order valence-electron chi connectivity index (χ2n) is 1.47. The van der Waals surface area contributed by atoms with Crippen LogP contribution in [0.5, 0.6) is 0 Å². The predicted octanol–water partition coefficient (Wildman–Crippen LogP) is -3.73. The monoisotopic (exact) mass is 737 g/mol. The smallest absolute Gasteiger partial charge is 0.550 e. The van der Waals surface area contributed by atoms with Crippen LogP contribution in [0.3, 0.4) is 0 Å². The molecule has 0 saturated carbocycles. The summed E-state index contributed by atoms with van der Waals surface area (Å²) in [4.78, 5) is 26.7. The van der Waals surface area contributed by atoms with Crippen molar-refractivity contribution in [2.75, 3.05) is 0 Å². The van der Waals surface area contributed by atoms with Crippen LogP contribution in [0, 0.1) is 167 Å². The van der Waals surface area contributed by atoms with Crippen LogP contribution >= 0.6 is 0 Å². The molecule has 0 fully saturated rings. The molecule has 0 spiro atoms. The van der Waals surface area contributed by atoms with Crippen molar-refractivity contribution in [2.45, 2.75) is 20.8 Å². The topological polar surface area (TPSA) is 120 Å². The van der Waals surface area contributed by atoms with Crippen LogP contribution in [0.25, 0.3) is 0 Å². The summed E-state index contributed by atoms with van der Waals surface area (Å²) in [6.45, 7) is 2.92. The first-order valence-corrected chi connectivity index (χ1v) is 2.72. The number of carbonyl (C=O) groups excluding carboxylic acids is 3. The van der Waals surface area contributed by atoms with Crippen molar-refractivity contribution >= 4 is 17.9 Å². The van der Waals surface area contributed by atoms with Gasteiger partial charge < -0.3 is 29.7 Å². The van der Waals surface area contributed by atoms with E-state index in [9.17, 15) is 0 Å². The molecule has 0 aliphatic rings. The Hall–Kier alpha value is 3.92. The van der Waals surface area contributed by atoms with E-state index in [4.69, 9.17) is 29.7 Å². The third-order valence-electron chi connectivity index (χ3n) is 0. The van der Waals surface area contributed by atoms with Crippen molar-refractivity contribution in [3.63, 3.8) is 0 Å².